The number of hydrogen-bond donors (Lipinski definition) is 1. The SMILES string of the molecule is COc1cc(O)c2c(c1)O[C@H]1OCC[C@H]21. The van der Waals surface area contributed by atoms with Crippen LogP contribution in [0.25, 0.3) is 0 Å². The van der Waals surface area contributed by atoms with Crippen molar-refractivity contribution in [2.75, 3.05) is 13.7 Å². The summed E-state index contributed by atoms with van der Waals surface area (Å²) in [7, 11) is 1.56. The van der Waals surface area contributed by atoms with Gasteiger partial charge in [0.2, 0.25) is 6.29 Å². The van der Waals surface area contributed by atoms with Crippen molar-refractivity contribution in [3.63, 3.8) is 0 Å². The molecule has 2 aliphatic rings. The molecule has 0 spiro atoms. The number of methoxy groups -OCH3 is 1. The second-order valence-electron chi connectivity index (χ2n) is 3.81. The third-order valence-electron chi connectivity index (χ3n) is 2.98. The number of ether oxygens (including phenoxy) is 3. The zero-order valence-corrected chi connectivity index (χ0v) is 8.40. The van der Waals surface area contributed by atoms with Crippen LogP contribution < -0.4 is 9.47 Å². The fourth-order valence-electron chi connectivity index (χ4n) is 2.26. The van der Waals surface area contributed by atoms with Gasteiger partial charge in [-0.2, -0.15) is 0 Å². The Labute approximate surface area is 87.4 Å². The number of benzene rings is 1. The Morgan fingerprint density at radius 2 is 2.33 bits per heavy atom. The van der Waals surface area contributed by atoms with Gasteiger partial charge in [0.15, 0.2) is 0 Å². The monoisotopic (exact) mass is 208 g/mol. The lowest BCUT2D eigenvalue weighted by Crippen LogP contribution is -2.13. The quantitative estimate of drug-likeness (QED) is 0.761. The Morgan fingerprint density at radius 3 is 3.13 bits per heavy atom. The van der Waals surface area contributed by atoms with E-state index < -0.39 is 0 Å². The fourth-order valence-corrected chi connectivity index (χ4v) is 2.26. The molecular formula is C11H12O4. The molecule has 0 unspecified atom stereocenters. The smallest absolute Gasteiger partial charge is 0.207 e. The molecule has 0 aromatic heterocycles. The summed E-state index contributed by atoms with van der Waals surface area (Å²) in [5.41, 5.74) is 0.860. The van der Waals surface area contributed by atoms with Crippen LogP contribution >= 0.6 is 0 Å². The van der Waals surface area contributed by atoms with Gasteiger partial charge < -0.3 is 19.3 Å². The molecule has 0 amide bonds. The molecule has 0 aliphatic carbocycles. The summed E-state index contributed by atoms with van der Waals surface area (Å²) in [6.45, 7) is 0.695. The van der Waals surface area contributed by atoms with Gasteiger partial charge in [-0.15, -0.1) is 0 Å². The number of fused-ring (bicyclic) bond motifs is 3. The first-order chi connectivity index (χ1) is 7.29. The van der Waals surface area contributed by atoms with Crippen molar-refractivity contribution in [1.82, 2.24) is 0 Å². The highest BCUT2D eigenvalue weighted by atomic mass is 16.7. The molecule has 4 heteroatoms. The second-order valence-corrected chi connectivity index (χ2v) is 3.81. The minimum Gasteiger partial charge on any atom is -0.507 e. The maximum atomic E-state index is 9.87. The van der Waals surface area contributed by atoms with E-state index in [-0.39, 0.29) is 18.0 Å². The lowest BCUT2D eigenvalue weighted by atomic mass is 9.97. The lowest BCUT2D eigenvalue weighted by molar-refractivity contribution is -0.0338. The molecule has 4 nitrogen and oxygen atoms in total. The van der Waals surface area contributed by atoms with E-state index in [1.807, 2.05) is 0 Å². The van der Waals surface area contributed by atoms with Crippen molar-refractivity contribution >= 4 is 0 Å². The van der Waals surface area contributed by atoms with Crippen LogP contribution in [-0.2, 0) is 4.74 Å². The molecule has 1 aromatic rings. The van der Waals surface area contributed by atoms with Crippen LogP contribution in [-0.4, -0.2) is 25.1 Å². The average Bonchev–Trinajstić information content (AvgIpc) is 2.75. The van der Waals surface area contributed by atoms with Gasteiger partial charge in [-0.05, 0) is 6.42 Å². The molecule has 80 valence electrons. The number of rotatable bonds is 1. The Kier molecular flexibility index (Phi) is 1.79. The largest absolute Gasteiger partial charge is 0.507 e. The van der Waals surface area contributed by atoms with Crippen molar-refractivity contribution in [2.45, 2.75) is 18.6 Å². The highest BCUT2D eigenvalue weighted by Gasteiger charge is 2.41. The topological polar surface area (TPSA) is 47.9 Å². The Hall–Kier alpha value is -1.42. The summed E-state index contributed by atoms with van der Waals surface area (Å²) in [5.74, 6) is 1.70. The molecule has 0 bridgehead atoms. The summed E-state index contributed by atoms with van der Waals surface area (Å²) in [6.07, 6.45) is 0.676. The number of hydrogen-bond acceptors (Lipinski definition) is 4. The minimum absolute atomic E-state index is 0.172. The summed E-state index contributed by atoms with van der Waals surface area (Å²) >= 11 is 0. The van der Waals surface area contributed by atoms with Crippen molar-refractivity contribution < 1.29 is 19.3 Å². The molecule has 3 rings (SSSR count). The van der Waals surface area contributed by atoms with E-state index in [1.54, 1.807) is 19.2 Å². The van der Waals surface area contributed by atoms with Crippen LogP contribution in [0.5, 0.6) is 17.2 Å². The van der Waals surface area contributed by atoms with E-state index in [2.05, 4.69) is 0 Å². The van der Waals surface area contributed by atoms with Gasteiger partial charge in [0.1, 0.15) is 17.2 Å². The predicted molar refractivity (Wildman–Crippen MR) is 52.4 cm³/mol. The molecule has 0 radical (unpaired) electrons. The maximum absolute atomic E-state index is 9.87. The predicted octanol–water partition coefficient (Wildman–Crippen LogP) is 1.62. The van der Waals surface area contributed by atoms with Crippen molar-refractivity contribution in [3.05, 3.63) is 17.7 Å². The van der Waals surface area contributed by atoms with Crippen molar-refractivity contribution in [2.24, 2.45) is 0 Å². The van der Waals surface area contributed by atoms with Gasteiger partial charge in [0, 0.05) is 17.7 Å². The molecule has 1 fully saturated rings. The first-order valence-electron chi connectivity index (χ1n) is 4.99. The Balaban J connectivity index is 2.09. The average molecular weight is 208 g/mol. The van der Waals surface area contributed by atoms with Crippen molar-refractivity contribution in [1.29, 1.82) is 0 Å². The van der Waals surface area contributed by atoms with Gasteiger partial charge >= 0.3 is 0 Å². The molecule has 2 atom stereocenters. The van der Waals surface area contributed by atoms with Crippen LogP contribution in [0.3, 0.4) is 0 Å². The highest BCUT2D eigenvalue weighted by molar-refractivity contribution is 5.54. The van der Waals surface area contributed by atoms with E-state index in [0.717, 1.165) is 12.0 Å². The zero-order chi connectivity index (χ0) is 10.4. The van der Waals surface area contributed by atoms with Gasteiger partial charge in [-0.3, -0.25) is 0 Å². The number of phenols is 1. The van der Waals surface area contributed by atoms with Crippen molar-refractivity contribution in [3.8, 4) is 17.2 Å². The van der Waals surface area contributed by atoms with E-state index in [4.69, 9.17) is 14.2 Å². The molecular weight excluding hydrogens is 196 g/mol. The third kappa shape index (κ3) is 1.18. The Bertz CT molecular complexity index is 402. The molecule has 1 N–H and O–H groups in total. The summed E-state index contributed by atoms with van der Waals surface area (Å²) < 4.78 is 16.1. The number of aromatic hydroxyl groups is 1. The fraction of sp³-hybridized carbons (Fsp3) is 0.455. The second kappa shape index (κ2) is 3.03. The zero-order valence-electron chi connectivity index (χ0n) is 8.40. The van der Waals surface area contributed by atoms with Gasteiger partial charge in [0.25, 0.3) is 0 Å². The summed E-state index contributed by atoms with van der Waals surface area (Å²) in [4.78, 5) is 0. The molecule has 15 heavy (non-hydrogen) atoms. The van der Waals surface area contributed by atoms with Gasteiger partial charge in [0.05, 0.1) is 19.6 Å². The van der Waals surface area contributed by atoms with Crippen LogP contribution in [0.15, 0.2) is 12.1 Å². The van der Waals surface area contributed by atoms with E-state index in [9.17, 15) is 5.11 Å². The van der Waals surface area contributed by atoms with Crippen LogP contribution in [0.1, 0.15) is 17.9 Å². The van der Waals surface area contributed by atoms with E-state index in [0.29, 0.717) is 18.1 Å². The summed E-state index contributed by atoms with van der Waals surface area (Å²) in [6, 6.07) is 3.40. The van der Waals surface area contributed by atoms with E-state index >= 15 is 0 Å². The molecule has 2 heterocycles. The first-order valence-corrected chi connectivity index (χ1v) is 4.99. The van der Waals surface area contributed by atoms with Crippen LogP contribution in [0.2, 0.25) is 0 Å². The molecule has 1 aromatic carbocycles. The van der Waals surface area contributed by atoms with Crippen LogP contribution in [0, 0.1) is 0 Å². The molecule has 1 saturated heterocycles. The standard InChI is InChI=1S/C11H12O4/c1-13-6-4-8(12)10-7-2-3-14-11(7)15-9(10)5-6/h4-5,7,11-12H,2-3H2,1H3/t7-,11-/m1/s1. The minimum atomic E-state index is -0.224. The summed E-state index contributed by atoms with van der Waals surface area (Å²) in [5, 5.41) is 9.87. The lowest BCUT2D eigenvalue weighted by Gasteiger charge is -2.07. The van der Waals surface area contributed by atoms with Gasteiger partial charge in [-0.1, -0.05) is 0 Å². The molecule has 0 saturated carbocycles. The van der Waals surface area contributed by atoms with Gasteiger partial charge in [-0.25, -0.2) is 0 Å². The van der Waals surface area contributed by atoms with E-state index in [1.165, 1.54) is 0 Å². The number of phenolic OH excluding ortho intramolecular Hbond substituents is 1. The first kappa shape index (κ1) is 8.85. The highest BCUT2D eigenvalue weighted by Crippen LogP contribution is 2.49. The Morgan fingerprint density at radius 1 is 1.47 bits per heavy atom. The molecule has 2 aliphatic heterocycles. The van der Waals surface area contributed by atoms with Crippen LogP contribution in [0.4, 0.5) is 0 Å². The third-order valence-corrected chi connectivity index (χ3v) is 2.98. The normalized spacial score (nSPS) is 27.0. The maximum Gasteiger partial charge on any atom is 0.207 e.